The molecular formula is C14H16BrN3. The van der Waals surface area contributed by atoms with Gasteiger partial charge < -0.3 is 10.3 Å². The molecule has 1 aromatic heterocycles. The molecule has 18 heavy (non-hydrogen) atoms. The van der Waals surface area contributed by atoms with Crippen LogP contribution in [0.25, 0.3) is 11.0 Å². The van der Waals surface area contributed by atoms with Gasteiger partial charge in [-0.1, -0.05) is 15.9 Å². The molecule has 0 radical (unpaired) electrons. The van der Waals surface area contributed by atoms with Crippen molar-refractivity contribution in [3.05, 3.63) is 22.7 Å². The number of aromatic nitrogens is 2. The predicted molar refractivity (Wildman–Crippen MR) is 76.2 cm³/mol. The zero-order valence-corrected chi connectivity index (χ0v) is 11.8. The van der Waals surface area contributed by atoms with E-state index in [4.69, 9.17) is 5.73 Å². The Morgan fingerprint density at radius 2 is 2.17 bits per heavy atom. The summed E-state index contributed by atoms with van der Waals surface area (Å²) in [6.07, 6.45) is 5.56. The molecule has 2 saturated carbocycles. The number of halogens is 1. The number of benzene rings is 1. The van der Waals surface area contributed by atoms with E-state index >= 15 is 0 Å². The van der Waals surface area contributed by atoms with Crippen molar-refractivity contribution in [2.75, 3.05) is 5.73 Å². The van der Waals surface area contributed by atoms with Crippen LogP contribution in [0, 0.1) is 11.3 Å². The molecule has 1 heterocycles. The van der Waals surface area contributed by atoms with Crippen LogP contribution in [0.15, 0.2) is 22.7 Å². The maximum atomic E-state index is 6.10. The smallest absolute Gasteiger partial charge is 0.201 e. The molecule has 0 atom stereocenters. The highest BCUT2D eigenvalue weighted by Gasteiger charge is 2.54. The lowest BCUT2D eigenvalue weighted by Crippen LogP contribution is -2.15. The van der Waals surface area contributed by atoms with Gasteiger partial charge in [0.25, 0.3) is 0 Å². The van der Waals surface area contributed by atoms with Gasteiger partial charge in [0.15, 0.2) is 0 Å². The van der Waals surface area contributed by atoms with Gasteiger partial charge in [0.2, 0.25) is 5.95 Å². The number of imidazole rings is 1. The summed E-state index contributed by atoms with van der Waals surface area (Å²) in [5.74, 6) is 1.61. The Morgan fingerprint density at radius 3 is 2.83 bits per heavy atom. The van der Waals surface area contributed by atoms with Crippen LogP contribution in [0.5, 0.6) is 0 Å². The molecule has 2 N–H and O–H groups in total. The van der Waals surface area contributed by atoms with Crippen LogP contribution in [0.3, 0.4) is 0 Å². The van der Waals surface area contributed by atoms with Crippen LogP contribution in [-0.4, -0.2) is 9.55 Å². The van der Waals surface area contributed by atoms with Crippen LogP contribution in [0.4, 0.5) is 5.95 Å². The molecule has 1 aromatic carbocycles. The van der Waals surface area contributed by atoms with E-state index in [0.717, 1.165) is 28.0 Å². The Labute approximate surface area is 115 Å². The molecule has 0 spiro atoms. The number of hydrogen-bond donors (Lipinski definition) is 1. The third kappa shape index (κ3) is 1.58. The summed E-state index contributed by atoms with van der Waals surface area (Å²) in [5.41, 5.74) is 8.80. The average Bonchev–Trinajstić information content (AvgIpc) is 3.22. The molecule has 2 aliphatic rings. The van der Waals surface area contributed by atoms with Gasteiger partial charge in [-0.05, 0) is 55.2 Å². The lowest BCUT2D eigenvalue weighted by Gasteiger charge is -2.16. The van der Waals surface area contributed by atoms with Crippen molar-refractivity contribution >= 4 is 32.9 Å². The fourth-order valence-corrected chi connectivity index (χ4v) is 3.50. The second-order valence-electron chi connectivity index (χ2n) is 5.83. The van der Waals surface area contributed by atoms with Crippen molar-refractivity contribution < 1.29 is 0 Å². The van der Waals surface area contributed by atoms with Gasteiger partial charge in [0.05, 0.1) is 11.0 Å². The zero-order valence-electron chi connectivity index (χ0n) is 10.2. The Hall–Kier alpha value is -1.03. The Kier molecular flexibility index (Phi) is 2.11. The number of nitrogen functional groups attached to an aromatic ring is 1. The third-order valence-corrected chi connectivity index (χ3v) is 5.04. The Balaban J connectivity index is 1.79. The lowest BCUT2D eigenvalue weighted by molar-refractivity contribution is 0.377. The number of nitrogens with zero attached hydrogens (tertiary/aromatic N) is 2. The van der Waals surface area contributed by atoms with Crippen molar-refractivity contribution in [2.24, 2.45) is 11.3 Å². The zero-order chi connectivity index (χ0) is 12.3. The highest BCUT2D eigenvalue weighted by molar-refractivity contribution is 9.10. The molecule has 2 aromatic rings. The standard InChI is InChI=1S/C14H16BrN3/c15-10-3-4-11-12(7-10)18(13(16)17-11)8-14(5-6-14)9-1-2-9/h3-4,7,9H,1-2,5-6,8H2,(H2,16,17). The lowest BCUT2D eigenvalue weighted by atomic mass is 10.0. The molecule has 0 saturated heterocycles. The SMILES string of the molecule is Nc1nc2ccc(Br)cc2n1CC1(C2CC2)CC1. The first kappa shape index (κ1) is 10.9. The number of rotatable bonds is 3. The maximum Gasteiger partial charge on any atom is 0.201 e. The van der Waals surface area contributed by atoms with E-state index < -0.39 is 0 Å². The molecule has 0 amide bonds. The number of hydrogen-bond acceptors (Lipinski definition) is 2. The molecule has 2 aliphatic carbocycles. The van der Waals surface area contributed by atoms with Gasteiger partial charge in [-0.3, -0.25) is 0 Å². The van der Waals surface area contributed by atoms with Gasteiger partial charge in [0, 0.05) is 11.0 Å². The molecule has 4 rings (SSSR count). The van der Waals surface area contributed by atoms with E-state index in [2.05, 4.69) is 31.5 Å². The molecule has 94 valence electrons. The van der Waals surface area contributed by atoms with Gasteiger partial charge in [0.1, 0.15) is 0 Å². The first-order chi connectivity index (χ1) is 8.68. The summed E-state index contributed by atoms with van der Waals surface area (Å²) < 4.78 is 3.30. The monoisotopic (exact) mass is 305 g/mol. The quantitative estimate of drug-likeness (QED) is 0.942. The molecule has 4 heteroatoms. The minimum absolute atomic E-state index is 0.546. The largest absolute Gasteiger partial charge is 0.369 e. The van der Waals surface area contributed by atoms with Gasteiger partial charge in [-0.2, -0.15) is 0 Å². The van der Waals surface area contributed by atoms with E-state index in [9.17, 15) is 0 Å². The van der Waals surface area contributed by atoms with Crippen molar-refractivity contribution in [3.8, 4) is 0 Å². The van der Waals surface area contributed by atoms with Gasteiger partial charge in [-0.15, -0.1) is 0 Å². The molecule has 3 nitrogen and oxygen atoms in total. The molecule has 0 unspecified atom stereocenters. The van der Waals surface area contributed by atoms with Crippen molar-refractivity contribution in [1.82, 2.24) is 9.55 Å². The first-order valence-corrected chi connectivity index (χ1v) is 7.39. The summed E-state index contributed by atoms with van der Waals surface area (Å²) in [4.78, 5) is 4.47. The molecule has 0 aliphatic heterocycles. The number of fused-ring (bicyclic) bond motifs is 1. The van der Waals surface area contributed by atoms with Crippen LogP contribution in [-0.2, 0) is 6.54 Å². The summed E-state index contributed by atoms with van der Waals surface area (Å²) in [7, 11) is 0. The Morgan fingerprint density at radius 1 is 1.39 bits per heavy atom. The summed E-state index contributed by atoms with van der Waals surface area (Å²) in [5, 5.41) is 0. The van der Waals surface area contributed by atoms with Crippen molar-refractivity contribution in [3.63, 3.8) is 0 Å². The molecular weight excluding hydrogens is 290 g/mol. The molecule has 2 fully saturated rings. The van der Waals surface area contributed by atoms with Gasteiger partial charge in [-0.25, -0.2) is 4.98 Å². The third-order valence-electron chi connectivity index (χ3n) is 4.55. The van der Waals surface area contributed by atoms with E-state index in [-0.39, 0.29) is 0 Å². The van der Waals surface area contributed by atoms with Gasteiger partial charge >= 0.3 is 0 Å². The van der Waals surface area contributed by atoms with E-state index in [1.807, 2.05) is 12.1 Å². The normalized spacial score (nSPS) is 21.4. The first-order valence-electron chi connectivity index (χ1n) is 6.59. The topological polar surface area (TPSA) is 43.8 Å². The summed E-state index contributed by atoms with van der Waals surface area (Å²) in [6.45, 7) is 1.05. The fourth-order valence-electron chi connectivity index (χ4n) is 3.15. The van der Waals surface area contributed by atoms with Crippen LogP contribution < -0.4 is 5.73 Å². The van der Waals surface area contributed by atoms with Crippen molar-refractivity contribution in [1.29, 1.82) is 0 Å². The second kappa shape index (κ2) is 3.50. The van der Waals surface area contributed by atoms with Crippen LogP contribution in [0.2, 0.25) is 0 Å². The summed E-state index contributed by atoms with van der Waals surface area (Å²) >= 11 is 3.53. The summed E-state index contributed by atoms with van der Waals surface area (Å²) in [6, 6.07) is 6.18. The van der Waals surface area contributed by atoms with Crippen molar-refractivity contribution in [2.45, 2.75) is 32.2 Å². The van der Waals surface area contributed by atoms with Crippen LogP contribution in [0.1, 0.15) is 25.7 Å². The number of nitrogens with two attached hydrogens (primary N) is 1. The highest BCUT2D eigenvalue weighted by Crippen LogP contribution is 2.62. The van der Waals surface area contributed by atoms with E-state index in [1.54, 1.807) is 0 Å². The van der Waals surface area contributed by atoms with E-state index in [0.29, 0.717) is 11.4 Å². The minimum atomic E-state index is 0.546. The minimum Gasteiger partial charge on any atom is -0.369 e. The molecule has 0 bridgehead atoms. The average molecular weight is 306 g/mol. The second-order valence-corrected chi connectivity index (χ2v) is 6.74. The number of anilines is 1. The van der Waals surface area contributed by atoms with Crippen LogP contribution >= 0.6 is 15.9 Å². The Bertz CT molecular complexity index is 623. The highest BCUT2D eigenvalue weighted by atomic mass is 79.9. The van der Waals surface area contributed by atoms with E-state index in [1.165, 1.54) is 25.7 Å². The maximum absolute atomic E-state index is 6.10. The fraction of sp³-hybridized carbons (Fsp3) is 0.500. The predicted octanol–water partition coefficient (Wildman–Crippen LogP) is 3.57.